The molecule has 0 aliphatic carbocycles. The van der Waals surface area contributed by atoms with Crippen LogP contribution in [0.15, 0.2) is 29.2 Å². The molecule has 0 saturated carbocycles. The number of piperidine rings is 1. The zero-order valence-corrected chi connectivity index (χ0v) is 13.5. The maximum atomic E-state index is 12.9. The quantitative estimate of drug-likeness (QED) is 0.872. The maximum Gasteiger partial charge on any atom is 0.417 e. The lowest BCUT2D eigenvalue weighted by molar-refractivity contribution is -0.139. The topological polar surface area (TPSA) is 58.2 Å². The van der Waals surface area contributed by atoms with Gasteiger partial charge in [-0.1, -0.05) is 19.1 Å². The van der Waals surface area contributed by atoms with Crippen LogP contribution >= 0.6 is 12.4 Å². The summed E-state index contributed by atoms with van der Waals surface area (Å²) in [5, 5.41) is 3.03. The predicted molar refractivity (Wildman–Crippen MR) is 79.5 cm³/mol. The summed E-state index contributed by atoms with van der Waals surface area (Å²) >= 11 is 0. The van der Waals surface area contributed by atoms with E-state index in [9.17, 15) is 21.6 Å². The Balaban J connectivity index is 0.00000242. The molecule has 4 nitrogen and oxygen atoms in total. The summed E-state index contributed by atoms with van der Waals surface area (Å²) in [6.07, 6.45) is -3.93. The molecule has 1 heterocycles. The summed E-state index contributed by atoms with van der Waals surface area (Å²) in [5.74, 6) is 0.0686. The van der Waals surface area contributed by atoms with Gasteiger partial charge in [-0.2, -0.15) is 13.2 Å². The van der Waals surface area contributed by atoms with Crippen molar-refractivity contribution in [3.05, 3.63) is 29.8 Å². The summed E-state index contributed by atoms with van der Waals surface area (Å²) in [4.78, 5) is -0.727. The molecule has 1 aliphatic heterocycles. The fourth-order valence-corrected chi connectivity index (χ4v) is 3.92. The molecule has 0 bridgehead atoms. The number of nitrogens with one attached hydrogen (secondary N) is 2. The standard InChI is InChI=1S/C13H17F3N2O2S.ClH/c1-9-6-7-17-8-11(9)18-21(19,20)12-5-3-2-4-10(12)13(14,15)16;/h2-5,9,11,17-18H,6-8H2,1H3;1H. The van der Waals surface area contributed by atoms with Crippen molar-refractivity contribution >= 4 is 22.4 Å². The van der Waals surface area contributed by atoms with E-state index in [1.807, 2.05) is 6.92 Å². The molecule has 0 radical (unpaired) electrons. The Morgan fingerprint density at radius 3 is 2.50 bits per heavy atom. The van der Waals surface area contributed by atoms with E-state index in [0.29, 0.717) is 6.54 Å². The molecule has 2 unspecified atom stereocenters. The molecular formula is C13H18ClF3N2O2S. The minimum atomic E-state index is -4.71. The molecule has 1 aromatic rings. The van der Waals surface area contributed by atoms with Gasteiger partial charge < -0.3 is 5.32 Å². The van der Waals surface area contributed by atoms with Crippen molar-refractivity contribution in [3.63, 3.8) is 0 Å². The number of sulfonamides is 1. The molecule has 1 aliphatic rings. The van der Waals surface area contributed by atoms with Crippen LogP contribution in [0, 0.1) is 5.92 Å². The first-order valence-corrected chi connectivity index (χ1v) is 8.09. The van der Waals surface area contributed by atoms with Gasteiger partial charge in [-0.05, 0) is 31.0 Å². The van der Waals surface area contributed by atoms with Gasteiger partial charge in [0.2, 0.25) is 10.0 Å². The van der Waals surface area contributed by atoms with E-state index in [1.165, 1.54) is 12.1 Å². The summed E-state index contributed by atoms with van der Waals surface area (Å²) < 4.78 is 65.7. The summed E-state index contributed by atoms with van der Waals surface area (Å²) in [6, 6.07) is 3.80. The Morgan fingerprint density at radius 1 is 1.27 bits per heavy atom. The monoisotopic (exact) mass is 358 g/mol. The van der Waals surface area contributed by atoms with Gasteiger partial charge in [0.15, 0.2) is 0 Å². The molecule has 1 fully saturated rings. The van der Waals surface area contributed by atoms with E-state index >= 15 is 0 Å². The van der Waals surface area contributed by atoms with Crippen molar-refractivity contribution in [2.75, 3.05) is 13.1 Å². The van der Waals surface area contributed by atoms with E-state index < -0.39 is 32.7 Å². The van der Waals surface area contributed by atoms with Gasteiger partial charge in [0.05, 0.1) is 10.5 Å². The fourth-order valence-electron chi connectivity index (χ4n) is 2.35. The van der Waals surface area contributed by atoms with E-state index in [0.717, 1.165) is 25.1 Å². The highest BCUT2D eigenvalue weighted by atomic mass is 35.5. The number of hydrogen-bond acceptors (Lipinski definition) is 3. The first kappa shape index (κ1) is 19.2. The fraction of sp³-hybridized carbons (Fsp3) is 0.538. The molecule has 22 heavy (non-hydrogen) atoms. The Kier molecular flexibility index (Phi) is 6.26. The van der Waals surface area contributed by atoms with Gasteiger partial charge >= 0.3 is 6.18 Å². The van der Waals surface area contributed by atoms with Crippen LogP contribution < -0.4 is 10.0 Å². The van der Waals surface area contributed by atoms with Crippen LogP contribution in [0.25, 0.3) is 0 Å². The van der Waals surface area contributed by atoms with Crippen LogP contribution in [0.1, 0.15) is 18.9 Å². The first-order valence-electron chi connectivity index (χ1n) is 6.61. The minimum Gasteiger partial charge on any atom is -0.315 e. The van der Waals surface area contributed by atoms with E-state index in [2.05, 4.69) is 10.0 Å². The molecule has 1 saturated heterocycles. The smallest absolute Gasteiger partial charge is 0.315 e. The second-order valence-electron chi connectivity index (χ2n) is 5.19. The van der Waals surface area contributed by atoms with Crippen molar-refractivity contribution in [2.24, 2.45) is 5.92 Å². The molecule has 0 amide bonds. The average Bonchev–Trinajstić information content (AvgIpc) is 2.40. The number of benzene rings is 1. The van der Waals surface area contributed by atoms with Gasteiger partial charge in [0.25, 0.3) is 0 Å². The van der Waals surface area contributed by atoms with E-state index in [1.54, 1.807) is 0 Å². The molecule has 126 valence electrons. The normalized spacial score (nSPS) is 22.9. The number of alkyl halides is 3. The zero-order valence-electron chi connectivity index (χ0n) is 11.9. The van der Waals surface area contributed by atoms with Crippen LogP contribution in [0.4, 0.5) is 13.2 Å². The van der Waals surface area contributed by atoms with Gasteiger partial charge in [0, 0.05) is 12.6 Å². The summed E-state index contributed by atoms with van der Waals surface area (Å²) in [6.45, 7) is 3.07. The Morgan fingerprint density at radius 2 is 1.91 bits per heavy atom. The average molecular weight is 359 g/mol. The van der Waals surface area contributed by atoms with Gasteiger partial charge in [0.1, 0.15) is 0 Å². The third kappa shape index (κ3) is 4.34. The third-order valence-electron chi connectivity index (χ3n) is 3.62. The molecule has 9 heteroatoms. The first-order chi connectivity index (χ1) is 9.72. The molecular weight excluding hydrogens is 341 g/mol. The maximum absolute atomic E-state index is 12.9. The Bertz CT molecular complexity index is 608. The van der Waals surface area contributed by atoms with Crippen molar-refractivity contribution < 1.29 is 21.6 Å². The molecule has 2 atom stereocenters. The van der Waals surface area contributed by atoms with Crippen molar-refractivity contribution in [2.45, 2.75) is 30.5 Å². The highest BCUT2D eigenvalue weighted by molar-refractivity contribution is 7.89. The molecule has 2 N–H and O–H groups in total. The lowest BCUT2D eigenvalue weighted by Crippen LogP contribution is -2.50. The van der Waals surface area contributed by atoms with Crippen LogP contribution in [-0.2, 0) is 16.2 Å². The Labute approximate surface area is 133 Å². The summed E-state index contributed by atoms with van der Waals surface area (Å²) in [7, 11) is -4.22. The molecule has 1 aromatic carbocycles. The largest absolute Gasteiger partial charge is 0.417 e. The second kappa shape index (κ2) is 7.16. The van der Waals surface area contributed by atoms with Crippen molar-refractivity contribution in [1.82, 2.24) is 10.0 Å². The second-order valence-corrected chi connectivity index (χ2v) is 6.87. The van der Waals surface area contributed by atoms with E-state index in [-0.39, 0.29) is 18.3 Å². The van der Waals surface area contributed by atoms with Crippen LogP contribution in [0.5, 0.6) is 0 Å². The van der Waals surface area contributed by atoms with Gasteiger partial charge in [-0.25, -0.2) is 13.1 Å². The minimum absolute atomic E-state index is 0. The SMILES string of the molecule is CC1CCNCC1NS(=O)(=O)c1ccccc1C(F)(F)F.Cl. The lowest BCUT2D eigenvalue weighted by atomic mass is 9.96. The van der Waals surface area contributed by atoms with Gasteiger partial charge in [-0.15, -0.1) is 12.4 Å². The predicted octanol–water partition coefficient (Wildman–Crippen LogP) is 2.40. The van der Waals surface area contributed by atoms with Crippen LogP contribution in [0.2, 0.25) is 0 Å². The van der Waals surface area contributed by atoms with Crippen LogP contribution in [0.3, 0.4) is 0 Å². The number of rotatable bonds is 3. The molecule has 2 rings (SSSR count). The molecule has 0 spiro atoms. The Hall–Kier alpha value is -0.830. The third-order valence-corrected chi connectivity index (χ3v) is 5.16. The van der Waals surface area contributed by atoms with Crippen molar-refractivity contribution in [1.29, 1.82) is 0 Å². The number of halogens is 4. The summed E-state index contributed by atoms with van der Waals surface area (Å²) in [5.41, 5.74) is -1.14. The van der Waals surface area contributed by atoms with Crippen molar-refractivity contribution in [3.8, 4) is 0 Å². The van der Waals surface area contributed by atoms with Gasteiger partial charge in [-0.3, -0.25) is 0 Å². The zero-order chi connectivity index (χ0) is 15.7. The number of hydrogen-bond donors (Lipinski definition) is 2. The highest BCUT2D eigenvalue weighted by Gasteiger charge is 2.38. The highest BCUT2D eigenvalue weighted by Crippen LogP contribution is 2.34. The lowest BCUT2D eigenvalue weighted by Gasteiger charge is -2.30. The van der Waals surface area contributed by atoms with E-state index in [4.69, 9.17) is 0 Å². The molecule has 0 aromatic heterocycles. The van der Waals surface area contributed by atoms with Crippen LogP contribution in [-0.4, -0.2) is 27.5 Å².